The molecule has 6 rings (SSSR count). The summed E-state index contributed by atoms with van der Waals surface area (Å²) in [6.45, 7) is 8.84. The summed E-state index contributed by atoms with van der Waals surface area (Å²) in [6.07, 6.45) is 7.32. The van der Waals surface area contributed by atoms with Gasteiger partial charge in [0.2, 0.25) is 11.7 Å². The van der Waals surface area contributed by atoms with Crippen molar-refractivity contribution in [1.82, 2.24) is 5.32 Å². The van der Waals surface area contributed by atoms with E-state index in [0.717, 1.165) is 44.1 Å². The quantitative estimate of drug-likeness (QED) is 0.289. The van der Waals surface area contributed by atoms with Crippen molar-refractivity contribution < 1.29 is 38.9 Å². The molecule has 0 bridgehead atoms. The van der Waals surface area contributed by atoms with E-state index in [2.05, 4.69) is 38.2 Å². The van der Waals surface area contributed by atoms with Gasteiger partial charge in [0, 0.05) is 36.8 Å². The third kappa shape index (κ3) is 6.56. The molecule has 1 saturated heterocycles. The summed E-state index contributed by atoms with van der Waals surface area (Å²) in [7, 11) is 0. The second-order valence-electron chi connectivity index (χ2n) is 16.8. The maximum Gasteiger partial charge on any atom is 0.306 e. The smallest absolute Gasteiger partial charge is 0.306 e. The van der Waals surface area contributed by atoms with E-state index in [1.54, 1.807) is 6.08 Å². The average molecular weight is 678 g/mol. The Morgan fingerprint density at radius 2 is 1.76 bits per heavy atom. The summed E-state index contributed by atoms with van der Waals surface area (Å²) in [6, 6.07) is 10.4. The number of amides is 1. The van der Waals surface area contributed by atoms with Crippen LogP contribution >= 0.6 is 0 Å². The molecule has 3 N–H and O–H groups in total. The molecule has 9 nitrogen and oxygen atoms in total. The van der Waals surface area contributed by atoms with Crippen molar-refractivity contribution in [2.24, 2.45) is 28.6 Å². The molecule has 0 aromatic heterocycles. The Bertz CT molecular complexity index is 1490. The highest BCUT2D eigenvalue weighted by Gasteiger charge is 2.68. The Labute approximate surface area is 290 Å². The first kappa shape index (κ1) is 35.9. The van der Waals surface area contributed by atoms with Crippen LogP contribution in [0.15, 0.2) is 42.0 Å². The highest BCUT2D eigenvalue weighted by Crippen LogP contribution is 2.67. The molecule has 0 radical (unpaired) electrons. The van der Waals surface area contributed by atoms with E-state index in [1.165, 1.54) is 5.56 Å². The number of benzene rings is 1. The van der Waals surface area contributed by atoms with E-state index in [1.807, 2.05) is 25.1 Å². The van der Waals surface area contributed by atoms with Crippen LogP contribution in [0.4, 0.5) is 0 Å². The van der Waals surface area contributed by atoms with Gasteiger partial charge in [-0.15, -0.1) is 0 Å². The molecule has 1 amide bonds. The number of aliphatic hydroxyl groups excluding tert-OH is 1. The van der Waals surface area contributed by atoms with E-state index in [9.17, 15) is 29.4 Å². The molecule has 1 aromatic rings. The topological polar surface area (TPSA) is 139 Å². The number of carbonyl (C=O) groups is 4. The maximum atomic E-state index is 13.6. The molecule has 49 heavy (non-hydrogen) atoms. The molecule has 3 saturated carbocycles. The molecular weight excluding hydrogens is 622 g/mol. The van der Waals surface area contributed by atoms with E-state index < -0.39 is 35.5 Å². The number of rotatable bonds is 10. The van der Waals surface area contributed by atoms with Gasteiger partial charge in [0.1, 0.15) is 5.60 Å². The fourth-order valence-corrected chi connectivity index (χ4v) is 11.1. The number of esters is 1. The van der Waals surface area contributed by atoms with Crippen LogP contribution in [0.1, 0.15) is 110 Å². The molecule has 268 valence electrons. The third-order valence-electron chi connectivity index (χ3n) is 13.6. The number of aliphatic hydroxyl groups is 2. The first-order chi connectivity index (χ1) is 23.1. The normalized spacial score (nSPS) is 38.0. The van der Waals surface area contributed by atoms with Crippen LogP contribution < -0.4 is 5.32 Å². The minimum Gasteiger partial charge on any atom is -0.458 e. The molecule has 4 fully saturated rings. The summed E-state index contributed by atoms with van der Waals surface area (Å²) in [5, 5.41) is 26.5. The van der Waals surface area contributed by atoms with Crippen LogP contribution in [0, 0.1) is 28.6 Å². The predicted octanol–water partition coefficient (Wildman–Crippen LogP) is 5.15. The van der Waals surface area contributed by atoms with Crippen LogP contribution in [-0.2, 0) is 34.1 Å². The minimum atomic E-state index is -1.71. The van der Waals surface area contributed by atoms with Crippen LogP contribution in [0.5, 0.6) is 0 Å². The lowest BCUT2D eigenvalue weighted by molar-refractivity contribution is -0.184. The summed E-state index contributed by atoms with van der Waals surface area (Å²) in [4.78, 5) is 51.2. The van der Waals surface area contributed by atoms with Crippen LogP contribution in [0.3, 0.4) is 0 Å². The van der Waals surface area contributed by atoms with E-state index in [4.69, 9.17) is 9.47 Å². The lowest BCUT2D eigenvalue weighted by atomic mass is 9.45. The van der Waals surface area contributed by atoms with Gasteiger partial charge in [-0.1, -0.05) is 49.8 Å². The number of allylic oxidation sites excluding steroid dienone is 1. The molecule has 0 spiro atoms. The number of Topliss-reactive ketones (excluding diaryl/α,β-unsaturated/α-hetero) is 1. The number of hydrogen-bond acceptors (Lipinski definition) is 8. The second-order valence-corrected chi connectivity index (χ2v) is 16.8. The summed E-state index contributed by atoms with van der Waals surface area (Å²) < 4.78 is 11.3. The zero-order chi connectivity index (χ0) is 35.2. The standard InChI is InChI=1S/C40H55NO8/c1-36(2)25-39(19-21-49-36,26-8-6-5-7-9-26)18-20-41-33(45)12-13-34(46)48-24-32(44)40(47)17-15-30-29-11-10-27-22-28(42)14-16-37(27,3)35(29)31(43)23-38(30,40)4/h5-9,22,29-31,35,43,47H,10-21,23-25H2,1-4H3,(H,41,45). The van der Waals surface area contributed by atoms with Gasteiger partial charge in [0.15, 0.2) is 12.4 Å². The summed E-state index contributed by atoms with van der Waals surface area (Å²) in [5.74, 6) is -1.15. The summed E-state index contributed by atoms with van der Waals surface area (Å²) in [5.41, 5.74) is -0.833. The number of carbonyl (C=O) groups excluding carboxylic acids is 4. The van der Waals surface area contributed by atoms with Crippen LogP contribution in [-0.4, -0.2) is 70.7 Å². The molecule has 1 aromatic carbocycles. The molecule has 5 aliphatic rings. The molecule has 1 aliphatic heterocycles. The Morgan fingerprint density at radius 3 is 2.49 bits per heavy atom. The molecule has 1 heterocycles. The molecule has 8 atom stereocenters. The monoisotopic (exact) mass is 677 g/mol. The Hall–Kier alpha value is -2.88. The molecule has 8 unspecified atom stereocenters. The van der Waals surface area contributed by atoms with E-state index >= 15 is 0 Å². The van der Waals surface area contributed by atoms with E-state index in [0.29, 0.717) is 26.0 Å². The number of nitrogens with one attached hydrogen (secondary N) is 1. The summed E-state index contributed by atoms with van der Waals surface area (Å²) >= 11 is 0. The Kier molecular flexibility index (Phi) is 9.79. The zero-order valence-corrected chi connectivity index (χ0v) is 29.7. The molecule has 9 heteroatoms. The largest absolute Gasteiger partial charge is 0.458 e. The van der Waals surface area contributed by atoms with Gasteiger partial charge in [-0.25, -0.2) is 0 Å². The Morgan fingerprint density at radius 1 is 1.00 bits per heavy atom. The highest BCUT2D eigenvalue weighted by molar-refractivity contribution is 5.92. The molecule has 4 aliphatic carbocycles. The van der Waals surface area contributed by atoms with Gasteiger partial charge in [-0.3, -0.25) is 19.2 Å². The lowest BCUT2D eigenvalue weighted by Crippen LogP contribution is -2.62. The van der Waals surface area contributed by atoms with Crippen molar-refractivity contribution in [3.63, 3.8) is 0 Å². The van der Waals surface area contributed by atoms with Gasteiger partial charge in [0.05, 0.1) is 18.1 Å². The fourth-order valence-electron chi connectivity index (χ4n) is 11.1. The van der Waals surface area contributed by atoms with Crippen molar-refractivity contribution in [3.8, 4) is 0 Å². The highest BCUT2D eigenvalue weighted by atomic mass is 16.5. The Balaban J connectivity index is 0.999. The first-order valence-electron chi connectivity index (χ1n) is 18.4. The second kappa shape index (κ2) is 13.3. The number of hydrogen-bond donors (Lipinski definition) is 3. The van der Waals surface area contributed by atoms with Gasteiger partial charge < -0.3 is 25.0 Å². The van der Waals surface area contributed by atoms with Crippen molar-refractivity contribution in [1.29, 1.82) is 0 Å². The van der Waals surface area contributed by atoms with Crippen molar-refractivity contribution in [2.75, 3.05) is 19.8 Å². The molecular formula is C40H55NO8. The zero-order valence-electron chi connectivity index (χ0n) is 29.7. The number of fused-ring (bicyclic) bond motifs is 5. The SMILES string of the molecule is CC1(C)CC(CCNC(=O)CCC(=O)OCC(=O)C2(O)CCC3C4CCC5=CC(=O)CCC5(C)C4C(O)CC32C)(c2ccccc2)CCO1. The van der Waals surface area contributed by atoms with Crippen molar-refractivity contribution >= 4 is 23.4 Å². The average Bonchev–Trinajstić information content (AvgIpc) is 3.33. The van der Waals surface area contributed by atoms with E-state index in [-0.39, 0.29) is 71.6 Å². The minimum absolute atomic E-state index is 0.0208. The maximum absolute atomic E-state index is 13.6. The van der Waals surface area contributed by atoms with Crippen LogP contribution in [0.25, 0.3) is 0 Å². The lowest BCUT2D eigenvalue weighted by Gasteiger charge is -2.60. The first-order valence-corrected chi connectivity index (χ1v) is 18.4. The van der Waals surface area contributed by atoms with Gasteiger partial charge in [-0.2, -0.15) is 0 Å². The third-order valence-corrected chi connectivity index (χ3v) is 13.6. The van der Waals surface area contributed by atoms with Gasteiger partial charge in [-0.05, 0) is 106 Å². The number of ketones is 2. The van der Waals surface area contributed by atoms with Gasteiger partial charge in [0.25, 0.3) is 0 Å². The van der Waals surface area contributed by atoms with Gasteiger partial charge >= 0.3 is 5.97 Å². The fraction of sp³-hybridized carbons (Fsp3) is 0.700. The van der Waals surface area contributed by atoms with Crippen LogP contribution in [0.2, 0.25) is 0 Å². The number of ether oxygens (including phenoxy) is 2. The van der Waals surface area contributed by atoms with Crippen molar-refractivity contribution in [2.45, 2.75) is 127 Å². The predicted molar refractivity (Wildman–Crippen MR) is 183 cm³/mol. The van der Waals surface area contributed by atoms with Crippen molar-refractivity contribution in [3.05, 3.63) is 47.5 Å².